The predicted molar refractivity (Wildman–Crippen MR) is 90.3 cm³/mol. The largest absolute Gasteiger partial charge is 0.358 e. The first-order valence-electron chi connectivity index (χ1n) is 9.04. The highest BCUT2D eigenvalue weighted by molar-refractivity contribution is 5.71. The first kappa shape index (κ1) is 15.1. The Morgan fingerprint density at radius 3 is 3.04 bits per heavy atom. The lowest BCUT2D eigenvalue weighted by Crippen LogP contribution is -2.41. The van der Waals surface area contributed by atoms with E-state index in [4.69, 9.17) is 9.72 Å². The van der Waals surface area contributed by atoms with Gasteiger partial charge in [-0.25, -0.2) is 9.97 Å². The molecule has 2 unspecified atom stereocenters. The van der Waals surface area contributed by atoms with E-state index in [1.54, 1.807) is 0 Å². The number of nitrogens with zero attached hydrogens (tertiary/aromatic N) is 4. The molecule has 2 aliphatic rings. The van der Waals surface area contributed by atoms with Crippen LogP contribution in [0.25, 0.3) is 11.2 Å². The lowest BCUT2D eigenvalue weighted by molar-refractivity contribution is 0.0553. The Labute approximate surface area is 137 Å². The number of hydrogen-bond acceptors (Lipinski definition) is 4. The Kier molecular flexibility index (Phi) is 4.31. The number of fused-ring (bicyclic) bond motifs is 1. The minimum atomic E-state index is 0.114. The second-order valence-corrected chi connectivity index (χ2v) is 6.69. The summed E-state index contributed by atoms with van der Waals surface area (Å²) in [4.78, 5) is 12.1. The third-order valence-corrected chi connectivity index (χ3v) is 5.29. The van der Waals surface area contributed by atoms with Crippen molar-refractivity contribution in [1.82, 2.24) is 19.4 Å². The molecule has 124 valence electrons. The fourth-order valence-corrected chi connectivity index (χ4v) is 4.11. The lowest BCUT2D eigenvalue weighted by atomic mass is 9.99. The third-order valence-electron chi connectivity index (χ3n) is 5.29. The van der Waals surface area contributed by atoms with Crippen molar-refractivity contribution in [2.75, 3.05) is 19.7 Å². The molecule has 0 aliphatic carbocycles. The highest BCUT2D eigenvalue weighted by Gasteiger charge is 2.28. The van der Waals surface area contributed by atoms with Gasteiger partial charge in [-0.1, -0.05) is 13.3 Å². The standard InChI is InChI=1S/C18H26N4O/c1-2-21-11-4-3-7-14(21)13-16-20-15-8-5-10-19-18(15)22(16)17-9-6-12-23-17/h5,8,10,14,17H,2-4,6-7,9,11-13H2,1H3. The van der Waals surface area contributed by atoms with Gasteiger partial charge in [0.05, 0.1) is 0 Å². The minimum Gasteiger partial charge on any atom is -0.358 e. The number of rotatable bonds is 4. The van der Waals surface area contributed by atoms with Crippen LogP contribution in [-0.4, -0.2) is 45.2 Å². The monoisotopic (exact) mass is 314 g/mol. The number of aromatic nitrogens is 3. The average Bonchev–Trinajstić information content (AvgIpc) is 3.22. The zero-order chi connectivity index (χ0) is 15.6. The van der Waals surface area contributed by atoms with Gasteiger partial charge in [0, 0.05) is 25.3 Å². The van der Waals surface area contributed by atoms with Crippen LogP contribution >= 0.6 is 0 Å². The van der Waals surface area contributed by atoms with Crippen LogP contribution in [0.5, 0.6) is 0 Å². The molecule has 0 radical (unpaired) electrons. The number of likely N-dealkylation sites (tertiary alicyclic amines) is 1. The fraction of sp³-hybridized carbons (Fsp3) is 0.667. The van der Waals surface area contributed by atoms with Crippen molar-refractivity contribution in [2.24, 2.45) is 0 Å². The van der Waals surface area contributed by atoms with Gasteiger partial charge in [-0.2, -0.15) is 0 Å². The number of piperidine rings is 1. The van der Waals surface area contributed by atoms with Crippen molar-refractivity contribution < 1.29 is 4.74 Å². The van der Waals surface area contributed by atoms with Crippen molar-refractivity contribution in [3.63, 3.8) is 0 Å². The Bertz CT molecular complexity index is 662. The first-order valence-corrected chi connectivity index (χ1v) is 9.04. The maximum atomic E-state index is 5.96. The van der Waals surface area contributed by atoms with Crippen molar-refractivity contribution in [3.8, 4) is 0 Å². The van der Waals surface area contributed by atoms with Gasteiger partial charge in [-0.05, 0) is 50.9 Å². The van der Waals surface area contributed by atoms with Crippen molar-refractivity contribution in [1.29, 1.82) is 0 Å². The zero-order valence-electron chi connectivity index (χ0n) is 13.9. The predicted octanol–water partition coefficient (Wildman–Crippen LogP) is 3.16. The van der Waals surface area contributed by atoms with Crippen LogP contribution < -0.4 is 0 Å². The Balaban J connectivity index is 1.69. The summed E-state index contributed by atoms with van der Waals surface area (Å²) in [5, 5.41) is 0. The minimum absolute atomic E-state index is 0.114. The second-order valence-electron chi connectivity index (χ2n) is 6.69. The molecule has 2 aromatic rings. The van der Waals surface area contributed by atoms with E-state index in [1.165, 1.54) is 25.8 Å². The van der Waals surface area contributed by atoms with E-state index in [2.05, 4.69) is 27.4 Å². The van der Waals surface area contributed by atoms with Crippen molar-refractivity contribution in [3.05, 3.63) is 24.2 Å². The molecule has 4 rings (SSSR count). The second kappa shape index (κ2) is 6.57. The zero-order valence-corrected chi connectivity index (χ0v) is 13.9. The maximum absolute atomic E-state index is 5.96. The molecular formula is C18H26N4O. The Morgan fingerprint density at radius 2 is 2.22 bits per heavy atom. The highest BCUT2D eigenvalue weighted by atomic mass is 16.5. The molecule has 5 heteroatoms. The Morgan fingerprint density at radius 1 is 1.26 bits per heavy atom. The summed E-state index contributed by atoms with van der Waals surface area (Å²) in [7, 11) is 0. The summed E-state index contributed by atoms with van der Waals surface area (Å²) >= 11 is 0. The van der Waals surface area contributed by atoms with Gasteiger partial charge >= 0.3 is 0 Å². The molecule has 2 aromatic heterocycles. The molecule has 2 aliphatic heterocycles. The fourth-order valence-electron chi connectivity index (χ4n) is 4.11. The van der Waals surface area contributed by atoms with Gasteiger partial charge in [0.2, 0.25) is 0 Å². The SMILES string of the molecule is CCN1CCCCC1Cc1nc2cccnc2n1C1CCCO1. The summed E-state index contributed by atoms with van der Waals surface area (Å²) in [5.41, 5.74) is 1.98. The van der Waals surface area contributed by atoms with Gasteiger partial charge in [-0.3, -0.25) is 4.57 Å². The molecule has 2 atom stereocenters. The van der Waals surface area contributed by atoms with Crippen LogP contribution in [-0.2, 0) is 11.2 Å². The van der Waals surface area contributed by atoms with E-state index < -0.39 is 0 Å². The molecule has 0 bridgehead atoms. The number of likely N-dealkylation sites (N-methyl/N-ethyl adjacent to an activating group) is 1. The van der Waals surface area contributed by atoms with Crippen LogP contribution in [0.15, 0.2) is 18.3 Å². The number of hydrogen-bond donors (Lipinski definition) is 0. The summed E-state index contributed by atoms with van der Waals surface area (Å²) in [6, 6.07) is 4.64. The summed E-state index contributed by atoms with van der Waals surface area (Å²) in [5.74, 6) is 1.15. The quantitative estimate of drug-likeness (QED) is 0.869. The first-order chi connectivity index (χ1) is 11.4. The van der Waals surface area contributed by atoms with Crippen molar-refractivity contribution in [2.45, 2.75) is 57.7 Å². The summed E-state index contributed by atoms with van der Waals surface area (Å²) < 4.78 is 8.23. The molecule has 0 saturated carbocycles. The lowest BCUT2D eigenvalue weighted by Gasteiger charge is -2.35. The van der Waals surface area contributed by atoms with Crippen LogP contribution in [0, 0.1) is 0 Å². The van der Waals surface area contributed by atoms with Gasteiger partial charge in [0.1, 0.15) is 17.6 Å². The van der Waals surface area contributed by atoms with Crippen LogP contribution in [0.2, 0.25) is 0 Å². The molecule has 0 amide bonds. The van der Waals surface area contributed by atoms with E-state index in [1.807, 2.05) is 12.3 Å². The maximum Gasteiger partial charge on any atom is 0.162 e. The van der Waals surface area contributed by atoms with E-state index >= 15 is 0 Å². The molecule has 4 heterocycles. The van der Waals surface area contributed by atoms with E-state index in [9.17, 15) is 0 Å². The molecule has 0 N–H and O–H groups in total. The topological polar surface area (TPSA) is 43.2 Å². The van der Waals surface area contributed by atoms with Gasteiger partial charge in [-0.15, -0.1) is 0 Å². The van der Waals surface area contributed by atoms with Gasteiger partial charge in [0.25, 0.3) is 0 Å². The number of pyridine rings is 1. The molecule has 2 saturated heterocycles. The third kappa shape index (κ3) is 2.88. The highest BCUT2D eigenvalue weighted by Crippen LogP contribution is 2.30. The molecule has 0 aromatic carbocycles. The van der Waals surface area contributed by atoms with E-state index in [0.717, 1.165) is 49.4 Å². The summed E-state index contributed by atoms with van der Waals surface area (Å²) in [6.07, 6.45) is 9.10. The Hall–Kier alpha value is -1.46. The van der Waals surface area contributed by atoms with Crippen LogP contribution in [0.4, 0.5) is 0 Å². The molecule has 2 fully saturated rings. The van der Waals surface area contributed by atoms with E-state index in [0.29, 0.717) is 6.04 Å². The van der Waals surface area contributed by atoms with E-state index in [-0.39, 0.29) is 6.23 Å². The smallest absolute Gasteiger partial charge is 0.162 e. The normalized spacial score (nSPS) is 26.1. The van der Waals surface area contributed by atoms with Crippen molar-refractivity contribution >= 4 is 11.2 Å². The average molecular weight is 314 g/mol. The summed E-state index contributed by atoms with van der Waals surface area (Å²) in [6.45, 7) is 5.46. The molecule has 0 spiro atoms. The van der Waals surface area contributed by atoms with Gasteiger partial charge in [0.15, 0.2) is 5.65 Å². The van der Waals surface area contributed by atoms with Crippen LogP contribution in [0.3, 0.4) is 0 Å². The molecule has 5 nitrogen and oxygen atoms in total. The molecular weight excluding hydrogens is 288 g/mol. The molecule has 23 heavy (non-hydrogen) atoms. The number of ether oxygens (including phenoxy) is 1. The van der Waals surface area contributed by atoms with Crippen LogP contribution in [0.1, 0.15) is 51.1 Å². The van der Waals surface area contributed by atoms with Gasteiger partial charge < -0.3 is 9.64 Å². The number of imidazole rings is 1.